The zero-order valence-electron chi connectivity index (χ0n) is 6.84. The molecule has 1 aliphatic heterocycles. The molecule has 2 rings (SSSR count). The molecule has 0 unspecified atom stereocenters. The molecule has 0 saturated carbocycles. The first-order chi connectivity index (χ1) is 6.29. The van der Waals surface area contributed by atoms with E-state index >= 15 is 0 Å². The average molecular weight is 179 g/mol. The van der Waals surface area contributed by atoms with E-state index in [-0.39, 0.29) is 0 Å². The number of hydrogen-bond acceptors (Lipinski definition) is 4. The summed E-state index contributed by atoms with van der Waals surface area (Å²) in [5.74, 6) is 0. The monoisotopic (exact) mass is 179 g/mol. The van der Waals surface area contributed by atoms with Crippen LogP contribution in [0, 0.1) is 0 Å². The summed E-state index contributed by atoms with van der Waals surface area (Å²) in [6, 6.07) is 9.69. The van der Waals surface area contributed by atoms with Gasteiger partial charge in [0.15, 0.2) is 0 Å². The number of nitrogens with two attached hydrogens (primary N) is 1. The first kappa shape index (κ1) is 8.25. The van der Waals surface area contributed by atoms with Crippen molar-refractivity contribution < 1.29 is 14.5 Å². The summed E-state index contributed by atoms with van der Waals surface area (Å²) in [6.07, 6.45) is 1.84. The molecule has 0 radical (unpaired) electrons. The summed E-state index contributed by atoms with van der Waals surface area (Å²) >= 11 is 0. The Morgan fingerprint density at radius 1 is 1.23 bits per heavy atom. The largest absolute Gasteiger partial charge is 0.447 e. The van der Waals surface area contributed by atoms with E-state index in [9.17, 15) is 0 Å². The van der Waals surface area contributed by atoms with Crippen molar-refractivity contribution in [1.29, 1.82) is 0 Å². The van der Waals surface area contributed by atoms with E-state index in [1.54, 1.807) is 6.08 Å². The molecular formula is C9H9NO3. The third-order valence-corrected chi connectivity index (χ3v) is 1.54. The number of ether oxygens (including phenoxy) is 1. The van der Waals surface area contributed by atoms with E-state index < -0.39 is 6.10 Å². The summed E-state index contributed by atoms with van der Waals surface area (Å²) in [5, 5.41) is 0. The van der Waals surface area contributed by atoms with Gasteiger partial charge in [-0.05, 0) is 11.6 Å². The maximum Gasteiger partial charge on any atom is 0.447 e. The Balaban J connectivity index is 1.91. The maximum absolute atomic E-state index is 5.29. The predicted octanol–water partition coefficient (Wildman–Crippen LogP) is 1.21. The van der Waals surface area contributed by atoms with Gasteiger partial charge in [-0.1, -0.05) is 30.3 Å². The molecule has 1 fully saturated rings. The van der Waals surface area contributed by atoms with Crippen LogP contribution < -0.4 is 5.73 Å². The van der Waals surface area contributed by atoms with Crippen LogP contribution in [0.3, 0.4) is 0 Å². The highest BCUT2D eigenvalue weighted by Gasteiger charge is 2.47. The van der Waals surface area contributed by atoms with Gasteiger partial charge in [-0.2, -0.15) is 0 Å². The van der Waals surface area contributed by atoms with Crippen LogP contribution in [-0.4, -0.2) is 6.10 Å². The lowest BCUT2D eigenvalue weighted by molar-refractivity contribution is 0.0196. The fraction of sp³-hybridized carbons (Fsp3) is 0.111. The van der Waals surface area contributed by atoms with E-state index in [2.05, 4.69) is 9.78 Å². The molecule has 0 aromatic heterocycles. The highest BCUT2D eigenvalue weighted by molar-refractivity contribution is 5.47. The van der Waals surface area contributed by atoms with Crippen molar-refractivity contribution in [1.82, 2.24) is 0 Å². The first-order valence-corrected chi connectivity index (χ1v) is 3.84. The SMILES string of the molecule is NC1(OC=Cc2ccccc2)OO1. The summed E-state index contributed by atoms with van der Waals surface area (Å²) < 4.78 is 4.90. The molecule has 1 aromatic carbocycles. The molecule has 2 N–H and O–H groups in total. The zero-order valence-corrected chi connectivity index (χ0v) is 6.84. The molecular weight excluding hydrogens is 170 g/mol. The Morgan fingerprint density at radius 3 is 2.54 bits per heavy atom. The lowest BCUT2D eigenvalue weighted by Gasteiger charge is -1.97. The van der Waals surface area contributed by atoms with Crippen LogP contribution in [0.4, 0.5) is 0 Å². The topological polar surface area (TPSA) is 60.3 Å². The lowest BCUT2D eigenvalue weighted by Crippen LogP contribution is -2.24. The van der Waals surface area contributed by atoms with Gasteiger partial charge in [-0.3, -0.25) is 0 Å². The minimum atomic E-state index is -1.36. The Labute approximate surface area is 75.4 Å². The summed E-state index contributed by atoms with van der Waals surface area (Å²) in [5.41, 5.74) is 6.31. The van der Waals surface area contributed by atoms with E-state index in [1.807, 2.05) is 30.3 Å². The van der Waals surface area contributed by atoms with Gasteiger partial charge in [-0.25, -0.2) is 5.73 Å². The fourth-order valence-corrected chi connectivity index (χ4v) is 0.852. The van der Waals surface area contributed by atoms with Crippen LogP contribution >= 0.6 is 0 Å². The molecule has 4 nitrogen and oxygen atoms in total. The molecule has 1 heterocycles. The van der Waals surface area contributed by atoms with E-state index in [1.165, 1.54) is 6.26 Å². The Morgan fingerprint density at radius 2 is 1.92 bits per heavy atom. The molecule has 13 heavy (non-hydrogen) atoms. The fourth-order valence-electron chi connectivity index (χ4n) is 0.852. The third kappa shape index (κ3) is 2.29. The molecule has 1 saturated heterocycles. The Kier molecular flexibility index (Phi) is 2.02. The Bertz CT molecular complexity index is 306. The number of benzene rings is 1. The normalized spacial score (nSPS) is 18.8. The Hall–Kier alpha value is -1.36. The van der Waals surface area contributed by atoms with Gasteiger partial charge in [0.25, 0.3) is 0 Å². The molecule has 0 bridgehead atoms. The second-order valence-corrected chi connectivity index (χ2v) is 2.60. The molecule has 68 valence electrons. The van der Waals surface area contributed by atoms with Gasteiger partial charge in [-0.15, -0.1) is 9.78 Å². The van der Waals surface area contributed by atoms with Crippen molar-refractivity contribution in [3.05, 3.63) is 42.2 Å². The average Bonchev–Trinajstić information content (AvgIpc) is 2.86. The van der Waals surface area contributed by atoms with Gasteiger partial charge in [0.1, 0.15) is 0 Å². The van der Waals surface area contributed by atoms with Crippen molar-refractivity contribution in [2.24, 2.45) is 5.73 Å². The van der Waals surface area contributed by atoms with Crippen LogP contribution in [0.2, 0.25) is 0 Å². The van der Waals surface area contributed by atoms with Crippen LogP contribution in [0.15, 0.2) is 36.6 Å². The molecule has 0 aliphatic carbocycles. The van der Waals surface area contributed by atoms with Gasteiger partial charge < -0.3 is 4.74 Å². The maximum atomic E-state index is 5.29. The summed E-state index contributed by atoms with van der Waals surface area (Å²) in [7, 11) is 0. The van der Waals surface area contributed by atoms with E-state index in [0.29, 0.717) is 0 Å². The lowest BCUT2D eigenvalue weighted by atomic mass is 10.2. The van der Waals surface area contributed by atoms with Crippen LogP contribution in [0.5, 0.6) is 0 Å². The molecule has 1 aliphatic rings. The first-order valence-electron chi connectivity index (χ1n) is 3.84. The highest BCUT2D eigenvalue weighted by Crippen LogP contribution is 2.24. The molecule has 4 heteroatoms. The summed E-state index contributed by atoms with van der Waals surface area (Å²) in [6.45, 7) is 0. The quantitative estimate of drug-likeness (QED) is 0.328. The second-order valence-electron chi connectivity index (χ2n) is 2.60. The zero-order chi connectivity index (χ0) is 9.15. The van der Waals surface area contributed by atoms with Crippen molar-refractivity contribution in [2.75, 3.05) is 0 Å². The summed E-state index contributed by atoms with van der Waals surface area (Å²) in [4.78, 5) is 8.68. The molecule has 0 amide bonds. The van der Waals surface area contributed by atoms with Crippen molar-refractivity contribution in [3.63, 3.8) is 0 Å². The van der Waals surface area contributed by atoms with Crippen molar-refractivity contribution >= 4 is 6.08 Å². The molecule has 0 spiro atoms. The number of rotatable bonds is 3. The minimum Gasteiger partial charge on any atom is -0.431 e. The van der Waals surface area contributed by atoms with Gasteiger partial charge in [0.05, 0.1) is 6.26 Å². The smallest absolute Gasteiger partial charge is 0.431 e. The van der Waals surface area contributed by atoms with Gasteiger partial charge in [0, 0.05) is 0 Å². The standard InChI is InChI=1S/C9H9NO3/c10-9(12-13-9)11-7-6-8-4-2-1-3-5-8/h1-7H,10H2. The van der Waals surface area contributed by atoms with Crippen molar-refractivity contribution in [2.45, 2.75) is 6.10 Å². The predicted molar refractivity (Wildman–Crippen MR) is 45.6 cm³/mol. The van der Waals surface area contributed by atoms with E-state index in [0.717, 1.165) is 5.56 Å². The molecule has 0 atom stereocenters. The van der Waals surface area contributed by atoms with Crippen molar-refractivity contribution in [3.8, 4) is 0 Å². The van der Waals surface area contributed by atoms with Crippen LogP contribution in [0.25, 0.3) is 6.08 Å². The van der Waals surface area contributed by atoms with Crippen LogP contribution in [0.1, 0.15) is 5.56 Å². The number of hydrogen-bond donors (Lipinski definition) is 1. The third-order valence-electron chi connectivity index (χ3n) is 1.54. The van der Waals surface area contributed by atoms with Crippen LogP contribution in [-0.2, 0) is 14.5 Å². The van der Waals surface area contributed by atoms with Gasteiger partial charge >= 0.3 is 6.10 Å². The van der Waals surface area contributed by atoms with Gasteiger partial charge in [0.2, 0.25) is 0 Å². The molecule has 1 aromatic rings. The highest BCUT2D eigenvalue weighted by atomic mass is 17.5. The van der Waals surface area contributed by atoms with E-state index in [4.69, 9.17) is 10.5 Å². The minimum absolute atomic E-state index is 1.02. The second kappa shape index (κ2) is 3.18.